The van der Waals surface area contributed by atoms with Crippen molar-refractivity contribution in [1.29, 1.82) is 10.5 Å². The molecule has 7 aromatic carbocycles. The predicted octanol–water partition coefficient (Wildman–Crippen LogP) is 10.2. The maximum absolute atomic E-state index is 10.2. The minimum atomic E-state index is -0.0758. The lowest BCUT2D eigenvalue weighted by Gasteiger charge is -2.32. The highest BCUT2D eigenvalue weighted by Crippen LogP contribution is 2.42. The first-order valence-electron chi connectivity index (χ1n) is 18.0. The molecule has 2 nitrogen and oxygen atoms in total. The van der Waals surface area contributed by atoms with Crippen LogP contribution in [0, 0.1) is 106 Å². The van der Waals surface area contributed by atoms with Crippen LogP contribution in [0.5, 0.6) is 0 Å². The summed E-state index contributed by atoms with van der Waals surface area (Å²) in [4.78, 5) is 0. The Bertz CT molecular complexity index is 2550. The molecule has 51 heavy (non-hydrogen) atoms. The normalized spacial score (nSPS) is 11.5. The number of benzene rings is 7. The Balaban J connectivity index is 1.61. The lowest BCUT2D eigenvalue weighted by molar-refractivity contribution is 1.22. The van der Waals surface area contributed by atoms with E-state index in [9.17, 15) is 10.5 Å². The molecule has 0 unspecified atom stereocenters. The van der Waals surface area contributed by atoms with Gasteiger partial charge < -0.3 is 0 Å². The van der Waals surface area contributed by atoms with Crippen LogP contribution < -0.4 is 16.4 Å². The van der Waals surface area contributed by atoms with E-state index >= 15 is 0 Å². The lowest BCUT2D eigenvalue weighted by atomic mass is 9.32. The summed E-state index contributed by atoms with van der Waals surface area (Å²) in [6.45, 7) is 26.3. The zero-order chi connectivity index (χ0) is 36.8. The fraction of sp³-hybridized carbons (Fsp3) is 0.250. The highest BCUT2D eigenvalue weighted by molar-refractivity contribution is 6.97. The van der Waals surface area contributed by atoms with Crippen LogP contribution in [0.4, 0.5) is 0 Å². The number of nitriles is 2. The molecule has 7 aromatic rings. The second-order valence-corrected chi connectivity index (χ2v) is 15.0. The van der Waals surface area contributed by atoms with Gasteiger partial charge in [-0.2, -0.15) is 10.5 Å². The van der Waals surface area contributed by atoms with Gasteiger partial charge in [-0.1, -0.05) is 104 Å². The van der Waals surface area contributed by atoms with E-state index in [1.807, 2.05) is 0 Å². The van der Waals surface area contributed by atoms with Gasteiger partial charge in [0, 0.05) is 0 Å². The van der Waals surface area contributed by atoms with Crippen molar-refractivity contribution in [3.05, 3.63) is 132 Å². The number of hydrogen-bond donors (Lipinski definition) is 0. The molecule has 0 spiro atoms. The van der Waals surface area contributed by atoms with Gasteiger partial charge in [-0.25, -0.2) is 0 Å². The molecular formula is C48H45BN2. The van der Waals surface area contributed by atoms with Gasteiger partial charge in [-0.05, 0) is 160 Å². The van der Waals surface area contributed by atoms with Crippen LogP contribution in [0.15, 0.2) is 54.6 Å². The van der Waals surface area contributed by atoms with Crippen LogP contribution in [0.25, 0.3) is 43.4 Å². The maximum Gasteiger partial charge on any atom is 0.243 e. The molecule has 0 fully saturated rings. The largest absolute Gasteiger partial charge is 0.243 e. The Kier molecular flexibility index (Phi) is 8.12. The Labute approximate surface area is 303 Å². The summed E-state index contributed by atoms with van der Waals surface area (Å²) in [5.74, 6) is 0. The highest BCUT2D eigenvalue weighted by Gasteiger charge is 2.35. The molecule has 0 aliphatic rings. The zero-order valence-electron chi connectivity index (χ0n) is 32.2. The minimum Gasteiger partial charge on any atom is -0.192 e. The summed E-state index contributed by atoms with van der Waals surface area (Å²) < 4.78 is 0. The molecule has 0 aliphatic heterocycles. The Morgan fingerprint density at radius 1 is 0.392 bits per heavy atom. The van der Waals surface area contributed by atoms with Crippen LogP contribution in [-0.4, -0.2) is 6.71 Å². The second kappa shape index (κ2) is 12.1. The van der Waals surface area contributed by atoms with E-state index in [0.717, 1.165) is 33.4 Å². The summed E-state index contributed by atoms with van der Waals surface area (Å²) in [5.41, 5.74) is 22.1. The third-order valence-electron chi connectivity index (χ3n) is 12.9. The average Bonchev–Trinajstić information content (AvgIpc) is 3.12. The zero-order valence-corrected chi connectivity index (χ0v) is 32.2. The molecule has 0 amide bonds. The molecule has 0 N–H and O–H groups in total. The van der Waals surface area contributed by atoms with E-state index in [0.29, 0.717) is 0 Å². The first-order valence-corrected chi connectivity index (χ1v) is 18.0. The molecule has 250 valence electrons. The van der Waals surface area contributed by atoms with Crippen molar-refractivity contribution in [1.82, 2.24) is 0 Å². The SMILES string of the molecule is Cc1c(C)c(B(c2c(C)c(C)c(C#N)c(C)c2C)c2c(C)c(C)c(-c3ccc4ccc5cccc6ccc3c4c56)c(C)c2C)c(C)c(C)c1C#N. The smallest absolute Gasteiger partial charge is 0.192 e. The molecule has 0 bridgehead atoms. The quantitative estimate of drug-likeness (QED) is 0.139. The van der Waals surface area contributed by atoms with E-state index < -0.39 is 0 Å². The summed E-state index contributed by atoms with van der Waals surface area (Å²) in [5, 5.41) is 28.2. The van der Waals surface area contributed by atoms with Crippen molar-refractivity contribution in [2.45, 2.75) is 83.1 Å². The van der Waals surface area contributed by atoms with Gasteiger partial charge >= 0.3 is 0 Å². The molecule has 0 radical (unpaired) electrons. The predicted molar refractivity (Wildman–Crippen MR) is 219 cm³/mol. The third kappa shape index (κ3) is 4.68. The monoisotopic (exact) mass is 660 g/mol. The van der Waals surface area contributed by atoms with Crippen LogP contribution >= 0.6 is 0 Å². The first-order chi connectivity index (χ1) is 24.3. The molecule has 0 saturated carbocycles. The van der Waals surface area contributed by atoms with E-state index in [2.05, 4.69) is 150 Å². The topological polar surface area (TPSA) is 47.6 Å². The van der Waals surface area contributed by atoms with Gasteiger partial charge in [0.05, 0.1) is 23.3 Å². The molecule has 3 heteroatoms. The van der Waals surface area contributed by atoms with Crippen molar-refractivity contribution in [2.75, 3.05) is 0 Å². The third-order valence-corrected chi connectivity index (χ3v) is 12.9. The molecule has 0 aromatic heterocycles. The van der Waals surface area contributed by atoms with Crippen LogP contribution in [0.3, 0.4) is 0 Å². The van der Waals surface area contributed by atoms with Gasteiger partial charge in [-0.15, -0.1) is 0 Å². The average molecular weight is 661 g/mol. The molecule has 0 heterocycles. The van der Waals surface area contributed by atoms with Crippen molar-refractivity contribution in [2.24, 2.45) is 0 Å². The molecule has 0 saturated heterocycles. The van der Waals surface area contributed by atoms with Crippen molar-refractivity contribution in [3.8, 4) is 23.3 Å². The summed E-state index contributed by atoms with van der Waals surface area (Å²) in [6, 6.07) is 25.4. The van der Waals surface area contributed by atoms with Crippen LogP contribution in [0.2, 0.25) is 0 Å². The van der Waals surface area contributed by atoms with Crippen LogP contribution in [0.1, 0.15) is 77.9 Å². The number of rotatable bonds is 4. The summed E-state index contributed by atoms with van der Waals surface area (Å²) in [6.07, 6.45) is 0. The van der Waals surface area contributed by atoms with E-state index in [4.69, 9.17) is 0 Å². The van der Waals surface area contributed by atoms with Crippen LogP contribution in [-0.2, 0) is 0 Å². The summed E-state index contributed by atoms with van der Waals surface area (Å²) in [7, 11) is 0. The Hall–Kier alpha value is -5.38. The molecule has 0 atom stereocenters. The minimum absolute atomic E-state index is 0.0758. The van der Waals surface area contributed by atoms with E-state index in [-0.39, 0.29) is 6.71 Å². The summed E-state index contributed by atoms with van der Waals surface area (Å²) >= 11 is 0. The van der Waals surface area contributed by atoms with Gasteiger partial charge in [0.15, 0.2) is 0 Å². The molecular weight excluding hydrogens is 615 g/mol. The Morgan fingerprint density at radius 3 is 1.16 bits per heavy atom. The highest BCUT2D eigenvalue weighted by atomic mass is 14.3. The number of nitrogens with zero attached hydrogens (tertiary/aromatic N) is 2. The van der Waals surface area contributed by atoms with Crippen molar-refractivity contribution in [3.63, 3.8) is 0 Å². The van der Waals surface area contributed by atoms with Gasteiger partial charge in [0.25, 0.3) is 0 Å². The fourth-order valence-electron chi connectivity index (χ4n) is 9.45. The first kappa shape index (κ1) is 34.1. The fourth-order valence-corrected chi connectivity index (χ4v) is 9.45. The standard InChI is InChI=1S/C48H45BN2/c1-24-30(7)46(31(8)25(2)41(24)22-50)49(47-32(9)26(3)42(23-51)27(4)33(47)10)48-34(11)28(5)43(29(6)35(48)12)39-20-19-38-17-16-36-14-13-15-37-18-21-40(39)45(38)44(36)37/h13-21H,1-12H3. The molecule has 7 rings (SSSR count). The van der Waals surface area contributed by atoms with Gasteiger partial charge in [0.1, 0.15) is 0 Å². The van der Waals surface area contributed by atoms with Crippen molar-refractivity contribution < 1.29 is 0 Å². The second-order valence-electron chi connectivity index (χ2n) is 15.0. The van der Waals surface area contributed by atoms with Gasteiger partial charge in [-0.3, -0.25) is 0 Å². The number of hydrogen-bond acceptors (Lipinski definition) is 2. The maximum atomic E-state index is 10.2. The van der Waals surface area contributed by atoms with E-state index in [1.54, 1.807) is 0 Å². The lowest BCUT2D eigenvalue weighted by Crippen LogP contribution is -2.58. The van der Waals surface area contributed by atoms with E-state index in [1.165, 1.54) is 104 Å². The van der Waals surface area contributed by atoms with Gasteiger partial charge in [0.2, 0.25) is 6.71 Å². The Morgan fingerprint density at radius 2 is 0.745 bits per heavy atom. The van der Waals surface area contributed by atoms with Crippen molar-refractivity contribution >= 4 is 55.4 Å². The molecule has 0 aliphatic carbocycles.